The van der Waals surface area contributed by atoms with Crippen molar-refractivity contribution in [3.63, 3.8) is 0 Å². The summed E-state index contributed by atoms with van der Waals surface area (Å²) in [5.41, 5.74) is 6.57. The third kappa shape index (κ3) is 2.25. The van der Waals surface area contributed by atoms with Gasteiger partial charge in [-0.3, -0.25) is 0 Å². The highest BCUT2D eigenvalue weighted by Gasteiger charge is 2.42. The van der Waals surface area contributed by atoms with Crippen LogP contribution in [0.1, 0.15) is 25.2 Å². The van der Waals surface area contributed by atoms with Gasteiger partial charge < -0.3 is 19.7 Å². The summed E-state index contributed by atoms with van der Waals surface area (Å²) >= 11 is 0. The van der Waals surface area contributed by atoms with Gasteiger partial charge in [0.2, 0.25) is 11.7 Å². The lowest BCUT2D eigenvalue weighted by Gasteiger charge is -2.36. The fourth-order valence-corrected chi connectivity index (χ4v) is 2.64. The molecule has 0 atom stereocenters. The Morgan fingerprint density at radius 1 is 1.24 bits per heavy atom. The number of hydrogen-bond donors (Lipinski definition) is 1. The number of nitrogens with two attached hydrogens (primary N) is 1. The lowest BCUT2D eigenvalue weighted by atomic mass is 9.69. The zero-order valence-electron chi connectivity index (χ0n) is 12.3. The molecule has 0 bridgehead atoms. The Morgan fingerprint density at radius 2 is 2.00 bits per heavy atom. The summed E-state index contributed by atoms with van der Waals surface area (Å²) in [4.78, 5) is 4.52. The van der Waals surface area contributed by atoms with Gasteiger partial charge in [0.25, 0.3) is 0 Å². The average molecular weight is 289 g/mol. The third-order valence-corrected chi connectivity index (χ3v) is 4.22. The molecule has 2 aromatic rings. The summed E-state index contributed by atoms with van der Waals surface area (Å²) in [5.74, 6) is 2.49. The maximum atomic E-state index is 5.87. The van der Waals surface area contributed by atoms with Crippen molar-refractivity contribution in [2.75, 3.05) is 20.8 Å². The molecule has 21 heavy (non-hydrogen) atoms. The van der Waals surface area contributed by atoms with Crippen molar-refractivity contribution < 1.29 is 14.0 Å². The minimum absolute atomic E-state index is 0.123. The van der Waals surface area contributed by atoms with E-state index in [9.17, 15) is 0 Å². The van der Waals surface area contributed by atoms with Gasteiger partial charge in [-0.2, -0.15) is 4.98 Å². The van der Waals surface area contributed by atoms with E-state index in [-0.39, 0.29) is 5.41 Å². The van der Waals surface area contributed by atoms with Crippen molar-refractivity contribution in [3.8, 4) is 22.9 Å². The van der Waals surface area contributed by atoms with Gasteiger partial charge in [0.15, 0.2) is 11.5 Å². The Labute approximate surface area is 123 Å². The molecule has 1 heterocycles. The van der Waals surface area contributed by atoms with E-state index in [0.29, 0.717) is 29.8 Å². The molecule has 1 saturated carbocycles. The molecule has 0 unspecified atom stereocenters. The second-order valence-corrected chi connectivity index (χ2v) is 5.33. The third-order valence-electron chi connectivity index (χ3n) is 4.22. The summed E-state index contributed by atoms with van der Waals surface area (Å²) < 4.78 is 16.0. The highest BCUT2D eigenvalue weighted by atomic mass is 16.5. The van der Waals surface area contributed by atoms with E-state index in [1.54, 1.807) is 14.2 Å². The van der Waals surface area contributed by atoms with Gasteiger partial charge in [-0.15, -0.1) is 0 Å². The molecule has 112 valence electrons. The maximum absolute atomic E-state index is 5.87. The molecule has 0 radical (unpaired) electrons. The molecule has 0 aliphatic heterocycles. The van der Waals surface area contributed by atoms with E-state index in [4.69, 9.17) is 19.7 Å². The molecule has 2 N–H and O–H groups in total. The number of aromatic nitrogens is 2. The van der Waals surface area contributed by atoms with Crippen LogP contribution in [0, 0.1) is 0 Å². The summed E-state index contributed by atoms with van der Waals surface area (Å²) in [5, 5.41) is 4.08. The Morgan fingerprint density at radius 3 is 2.57 bits per heavy atom. The molecule has 1 aromatic carbocycles. The zero-order valence-corrected chi connectivity index (χ0v) is 12.3. The van der Waals surface area contributed by atoms with Crippen LogP contribution in [0.2, 0.25) is 0 Å². The number of hydrogen-bond acceptors (Lipinski definition) is 6. The monoisotopic (exact) mass is 289 g/mol. The molecule has 3 rings (SSSR count). The van der Waals surface area contributed by atoms with E-state index >= 15 is 0 Å². The van der Waals surface area contributed by atoms with Crippen LogP contribution in [0.25, 0.3) is 11.4 Å². The second kappa shape index (κ2) is 5.37. The van der Waals surface area contributed by atoms with Crippen LogP contribution in [0.15, 0.2) is 22.7 Å². The largest absolute Gasteiger partial charge is 0.493 e. The zero-order chi connectivity index (χ0) is 14.9. The summed E-state index contributed by atoms with van der Waals surface area (Å²) in [7, 11) is 3.20. The van der Waals surface area contributed by atoms with Crippen molar-refractivity contribution >= 4 is 0 Å². The fraction of sp³-hybridized carbons (Fsp3) is 0.467. The topological polar surface area (TPSA) is 83.4 Å². The van der Waals surface area contributed by atoms with Gasteiger partial charge in [-0.25, -0.2) is 0 Å². The van der Waals surface area contributed by atoms with Crippen LogP contribution < -0.4 is 15.2 Å². The predicted octanol–water partition coefficient (Wildman–Crippen LogP) is 2.13. The standard InChI is InChI=1S/C15H19N3O3/c1-19-11-5-4-10(8-12(11)20-2)13-17-14(21-18-13)15(9-16)6-3-7-15/h4-5,8H,3,6-7,9,16H2,1-2H3. The van der Waals surface area contributed by atoms with Gasteiger partial charge in [0.05, 0.1) is 19.6 Å². The first-order valence-electron chi connectivity index (χ1n) is 6.99. The molecule has 1 aliphatic rings. The second-order valence-electron chi connectivity index (χ2n) is 5.33. The van der Waals surface area contributed by atoms with E-state index in [1.165, 1.54) is 0 Å². The minimum atomic E-state index is -0.123. The SMILES string of the molecule is COc1ccc(-c2noc(C3(CN)CCC3)n2)cc1OC. The van der Waals surface area contributed by atoms with Gasteiger partial charge in [-0.1, -0.05) is 11.6 Å². The molecule has 6 heteroatoms. The number of ether oxygens (including phenoxy) is 2. The smallest absolute Gasteiger partial charge is 0.234 e. The number of nitrogens with zero attached hydrogens (tertiary/aromatic N) is 2. The Hall–Kier alpha value is -2.08. The van der Waals surface area contributed by atoms with Crippen molar-refractivity contribution in [3.05, 3.63) is 24.1 Å². The Bertz CT molecular complexity index is 629. The van der Waals surface area contributed by atoms with E-state index in [1.807, 2.05) is 18.2 Å². The molecule has 1 aliphatic carbocycles. The normalized spacial score (nSPS) is 16.3. The van der Waals surface area contributed by atoms with Crippen LogP contribution in [0.4, 0.5) is 0 Å². The van der Waals surface area contributed by atoms with E-state index in [0.717, 1.165) is 24.8 Å². The van der Waals surface area contributed by atoms with Crippen molar-refractivity contribution in [2.45, 2.75) is 24.7 Å². The minimum Gasteiger partial charge on any atom is -0.493 e. The van der Waals surface area contributed by atoms with Crippen LogP contribution in [-0.2, 0) is 5.41 Å². The Kier molecular flexibility index (Phi) is 3.55. The summed E-state index contributed by atoms with van der Waals surface area (Å²) in [6.07, 6.45) is 3.18. The number of rotatable bonds is 5. The average Bonchev–Trinajstić information content (AvgIpc) is 2.96. The van der Waals surface area contributed by atoms with E-state index < -0.39 is 0 Å². The fourth-order valence-electron chi connectivity index (χ4n) is 2.64. The molecule has 1 fully saturated rings. The molecule has 0 spiro atoms. The first-order valence-corrected chi connectivity index (χ1v) is 6.99. The van der Waals surface area contributed by atoms with E-state index in [2.05, 4.69) is 10.1 Å². The maximum Gasteiger partial charge on any atom is 0.234 e. The molecule has 0 amide bonds. The lowest BCUT2D eigenvalue weighted by Crippen LogP contribution is -2.41. The number of benzene rings is 1. The van der Waals surface area contributed by atoms with Gasteiger partial charge >= 0.3 is 0 Å². The van der Waals surface area contributed by atoms with Crippen LogP contribution in [0.5, 0.6) is 11.5 Å². The quantitative estimate of drug-likeness (QED) is 0.908. The molecule has 0 saturated heterocycles. The van der Waals surface area contributed by atoms with Crippen molar-refractivity contribution in [2.24, 2.45) is 5.73 Å². The molecular formula is C15H19N3O3. The highest BCUT2D eigenvalue weighted by Crippen LogP contribution is 2.42. The lowest BCUT2D eigenvalue weighted by molar-refractivity contribution is 0.182. The van der Waals surface area contributed by atoms with Crippen LogP contribution in [0.3, 0.4) is 0 Å². The van der Waals surface area contributed by atoms with Gasteiger partial charge in [-0.05, 0) is 31.0 Å². The molecular weight excluding hydrogens is 270 g/mol. The predicted molar refractivity (Wildman–Crippen MR) is 77.4 cm³/mol. The highest BCUT2D eigenvalue weighted by molar-refractivity contribution is 5.60. The molecule has 6 nitrogen and oxygen atoms in total. The van der Waals surface area contributed by atoms with Crippen molar-refractivity contribution in [1.29, 1.82) is 0 Å². The summed E-state index contributed by atoms with van der Waals surface area (Å²) in [6.45, 7) is 0.542. The first kappa shape index (κ1) is 13.9. The van der Waals surface area contributed by atoms with Crippen LogP contribution >= 0.6 is 0 Å². The first-order chi connectivity index (χ1) is 10.2. The van der Waals surface area contributed by atoms with Gasteiger partial charge in [0, 0.05) is 12.1 Å². The van der Waals surface area contributed by atoms with Gasteiger partial charge in [0.1, 0.15) is 0 Å². The summed E-state index contributed by atoms with van der Waals surface area (Å²) in [6, 6.07) is 5.54. The Balaban J connectivity index is 1.93. The molecule has 1 aromatic heterocycles. The number of methoxy groups -OCH3 is 2. The van der Waals surface area contributed by atoms with Crippen LogP contribution in [-0.4, -0.2) is 30.9 Å². The van der Waals surface area contributed by atoms with Crippen molar-refractivity contribution in [1.82, 2.24) is 10.1 Å².